The van der Waals surface area contributed by atoms with Crippen LogP contribution in [0.4, 0.5) is 23.9 Å². The normalized spacial score (nSPS) is 23.2. The zero-order chi connectivity index (χ0) is 36.6. The third-order valence-corrected chi connectivity index (χ3v) is 11.7. The molecule has 4 aliphatic rings. The van der Waals surface area contributed by atoms with E-state index in [2.05, 4.69) is 20.4 Å². The number of hydrogen-bond acceptors (Lipinski definition) is 11. The van der Waals surface area contributed by atoms with E-state index in [1.54, 1.807) is 16.4 Å². The second-order valence-electron chi connectivity index (χ2n) is 13.8. The van der Waals surface area contributed by atoms with Crippen LogP contribution in [0.1, 0.15) is 89.8 Å². The molecule has 4 atom stereocenters. The summed E-state index contributed by atoms with van der Waals surface area (Å²) in [6.45, 7) is 6.30. The van der Waals surface area contributed by atoms with Crippen molar-refractivity contribution < 1.29 is 32.6 Å². The number of halogens is 3. The number of allylic oxidation sites excluding steroid dienone is 1. The van der Waals surface area contributed by atoms with Gasteiger partial charge in [0, 0.05) is 37.0 Å². The number of piperazine rings is 1. The summed E-state index contributed by atoms with van der Waals surface area (Å²) in [5.74, 6) is -1.02. The van der Waals surface area contributed by atoms with Crippen molar-refractivity contribution in [2.24, 2.45) is 0 Å². The largest absolute Gasteiger partial charge is 0.504 e. The van der Waals surface area contributed by atoms with Crippen molar-refractivity contribution in [2.75, 3.05) is 36.5 Å². The van der Waals surface area contributed by atoms with Gasteiger partial charge in [-0.25, -0.2) is 9.97 Å². The molecule has 2 N–H and O–H groups in total. The Balaban J connectivity index is 1.21. The first kappa shape index (κ1) is 34.3. The number of anilines is 2. The average molecular weight is 740 g/mol. The minimum absolute atomic E-state index is 0.0657. The van der Waals surface area contributed by atoms with Gasteiger partial charge in [-0.3, -0.25) is 19.0 Å². The van der Waals surface area contributed by atoms with Gasteiger partial charge in [0.05, 0.1) is 34.6 Å². The molecule has 2 fully saturated rings. The van der Waals surface area contributed by atoms with Gasteiger partial charge in [-0.05, 0) is 57.1 Å². The summed E-state index contributed by atoms with van der Waals surface area (Å²) in [4.78, 5) is 58.9. The van der Waals surface area contributed by atoms with Gasteiger partial charge >= 0.3 is 6.18 Å². The van der Waals surface area contributed by atoms with Crippen LogP contribution in [0.5, 0.6) is 5.75 Å². The quantitative estimate of drug-likeness (QED) is 0.299. The number of carbonyl (C=O) groups excluding carboxylic acids is 2. The Morgan fingerprint density at radius 3 is 2.65 bits per heavy atom. The van der Waals surface area contributed by atoms with Crippen molar-refractivity contribution in [3.05, 3.63) is 62.2 Å². The minimum Gasteiger partial charge on any atom is -0.504 e. The van der Waals surface area contributed by atoms with Crippen LogP contribution in [0, 0.1) is 13.8 Å². The lowest BCUT2D eigenvalue weighted by Crippen LogP contribution is -2.67. The smallest absolute Gasteiger partial charge is 0.417 e. The van der Waals surface area contributed by atoms with Gasteiger partial charge in [0.25, 0.3) is 11.5 Å². The van der Waals surface area contributed by atoms with Crippen LogP contribution >= 0.6 is 11.3 Å². The van der Waals surface area contributed by atoms with Gasteiger partial charge in [0.2, 0.25) is 11.7 Å². The summed E-state index contributed by atoms with van der Waals surface area (Å²) in [6.07, 6.45) is 1.57. The Hall–Kier alpha value is -4.84. The van der Waals surface area contributed by atoms with Crippen molar-refractivity contribution in [1.82, 2.24) is 34.0 Å². The number of alkyl halides is 3. The van der Waals surface area contributed by atoms with Crippen LogP contribution in [-0.4, -0.2) is 89.3 Å². The number of fused-ring (bicyclic) bond motifs is 4. The molecule has 0 bridgehead atoms. The van der Waals surface area contributed by atoms with Crippen molar-refractivity contribution in [1.29, 1.82) is 0 Å². The fraction of sp³-hybridized carbons (Fsp3) is 0.500. The number of hydrogen-bond donors (Lipinski definition) is 2. The highest BCUT2D eigenvalue weighted by molar-refractivity contribution is 7.14. The maximum atomic E-state index is 14.6. The van der Waals surface area contributed by atoms with E-state index >= 15 is 0 Å². The lowest BCUT2D eigenvalue weighted by atomic mass is 9.81. The SMILES string of the molecule is Cc1ncnc(C(=O)N2CCN(c3c4n(c5nc(C6=CCOCCC6)nn5c3=O)C(C(=O)Nc3scc(C(F)(F)F)c3C)CC4C)[C@H]3CC[C@@H]32)c1O. The molecule has 4 aromatic rings. The second-order valence-corrected chi connectivity index (χ2v) is 14.6. The standard InChI is InChI=1S/C34H36F3N9O5S/c1-16-13-23(29(48)41-30-17(2)20(14-52-30)34(35,36)37)45-25(16)26(32(50)46-33(45)40-28(42-46)19-5-4-11-51-12-8-19)43-9-10-44(22-7-6-21(22)43)31(49)24-27(47)18(3)38-15-39-24/h8,14-16,21-23,47H,4-7,9-13H2,1-3H3,(H,41,48)/t16?,21-,22-,23?/m0/s1. The molecule has 2 unspecified atom stereocenters. The van der Waals surface area contributed by atoms with E-state index in [1.807, 2.05) is 17.9 Å². The number of amides is 2. The van der Waals surface area contributed by atoms with Crippen LogP contribution in [0.3, 0.4) is 0 Å². The van der Waals surface area contributed by atoms with Crippen molar-refractivity contribution >= 4 is 45.2 Å². The van der Waals surface area contributed by atoms with Gasteiger partial charge in [-0.1, -0.05) is 13.0 Å². The molecule has 18 heteroatoms. The second kappa shape index (κ2) is 12.7. The summed E-state index contributed by atoms with van der Waals surface area (Å²) in [7, 11) is 0. The molecule has 1 saturated carbocycles. The maximum absolute atomic E-state index is 14.6. The Labute approximate surface area is 298 Å². The number of ether oxygens (including phenoxy) is 1. The van der Waals surface area contributed by atoms with E-state index in [0.29, 0.717) is 55.4 Å². The number of carbonyl (C=O) groups is 2. The molecule has 0 aromatic carbocycles. The van der Waals surface area contributed by atoms with E-state index in [4.69, 9.17) is 9.72 Å². The van der Waals surface area contributed by atoms with Crippen LogP contribution in [-0.2, 0) is 15.7 Å². The van der Waals surface area contributed by atoms with Crippen LogP contribution < -0.4 is 15.8 Å². The number of nitrogens with one attached hydrogen (secondary N) is 1. The molecule has 7 heterocycles. The fourth-order valence-corrected chi connectivity index (χ4v) is 8.94. The van der Waals surface area contributed by atoms with Crippen molar-refractivity contribution in [3.63, 3.8) is 0 Å². The molecule has 1 aliphatic carbocycles. The van der Waals surface area contributed by atoms with Gasteiger partial charge in [0.15, 0.2) is 17.3 Å². The monoisotopic (exact) mass is 739 g/mol. The highest BCUT2D eigenvalue weighted by Gasteiger charge is 2.49. The molecular weight excluding hydrogens is 703 g/mol. The molecule has 14 nitrogen and oxygen atoms in total. The fourth-order valence-electron chi connectivity index (χ4n) is 7.94. The third kappa shape index (κ3) is 5.45. The number of aromatic nitrogens is 6. The topological polar surface area (TPSA) is 160 Å². The van der Waals surface area contributed by atoms with E-state index in [0.717, 1.165) is 28.7 Å². The first-order valence-electron chi connectivity index (χ1n) is 17.2. The van der Waals surface area contributed by atoms with E-state index < -0.39 is 35.2 Å². The van der Waals surface area contributed by atoms with Gasteiger partial charge < -0.3 is 25.0 Å². The Morgan fingerprint density at radius 1 is 1.13 bits per heavy atom. The summed E-state index contributed by atoms with van der Waals surface area (Å²) in [5.41, 5.74) is 0.700. The number of rotatable bonds is 5. The Kier molecular flexibility index (Phi) is 8.35. The molecule has 52 heavy (non-hydrogen) atoms. The molecule has 0 spiro atoms. The Morgan fingerprint density at radius 2 is 1.92 bits per heavy atom. The van der Waals surface area contributed by atoms with Crippen LogP contribution in [0.15, 0.2) is 22.6 Å². The molecule has 2 amide bonds. The van der Waals surface area contributed by atoms with Crippen LogP contribution in [0.25, 0.3) is 11.4 Å². The Bertz CT molecular complexity index is 2210. The van der Waals surface area contributed by atoms with Gasteiger partial charge in [0.1, 0.15) is 18.1 Å². The highest BCUT2D eigenvalue weighted by Crippen LogP contribution is 2.46. The number of nitrogens with zero attached hydrogens (tertiary/aromatic N) is 8. The van der Waals surface area contributed by atoms with Crippen molar-refractivity contribution in [3.8, 4) is 5.75 Å². The number of thiophene rings is 1. The zero-order valence-electron chi connectivity index (χ0n) is 28.6. The average Bonchev–Trinajstić information content (AvgIpc) is 3.71. The minimum atomic E-state index is -4.56. The first-order valence-corrected chi connectivity index (χ1v) is 18.1. The number of aryl methyl sites for hydroxylation is 1. The van der Waals surface area contributed by atoms with E-state index in [1.165, 1.54) is 17.8 Å². The molecule has 4 aromatic heterocycles. The molecular formula is C34H36F3N9O5S. The van der Waals surface area contributed by atoms with Gasteiger partial charge in [-0.2, -0.15) is 22.7 Å². The summed E-state index contributed by atoms with van der Waals surface area (Å²) < 4.78 is 49.3. The lowest BCUT2D eigenvalue weighted by Gasteiger charge is -2.54. The van der Waals surface area contributed by atoms with Gasteiger partial charge in [-0.15, -0.1) is 16.4 Å². The summed E-state index contributed by atoms with van der Waals surface area (Å²) in [6, 6.07) is -1.42. The van der Waals surface area contributed by atoms with Crippen molar-refractivity contribution in [2.45, 2.75) is 83.1 Å². The highest BCUT2D eigenvalue weighted by atomic mass is 32.1. The predicted octanol–water partition coefficient (Wildman–Crippen LogP) is 4.46. The molecule has 274 valence electrons. The molecule has 8 rings (SSSR count). The maximum Gasteiger partial charge on any atom is 0.417 e. The molecule has 3 aliphatic heterocycles. The predicted molar refractivity (Wildman–Crippen MR) is 184 cm³/mol. The lowest BCUT2D eigenvalue weighted by molar-refractivity contribution is -0.137. The van der Waals surface area contributed by atoms with E-state index in [9.17, 15) is 32.7 Å². The first-order chi connectivity index (χ1) is 24.8. The third-order valence-electron chi connectivity index (χ3n) is 10.8. The number of aromatic hydroxyl groups is 1. The molecule has 0 radical (unpaired) electrons. The summed E-state index contributed by atoms with van der Waals surface area (Å²) >= 11 is 0.812. The zero-order valence-corrected chi connectivity index (χ0v) is 29.4. The van der Waals surface area contributed by atoms with E-state index in [-0.39, 0.29) is 65.3 Å². The summed E-state index contributed by atoms with van der Waals surface area (Å²) in [5, 5.41) is 19.1. The molecule has 1 saturated heterocycles. The van der Waals surface area contributed by atoms with Crippen LogP contribution in [0.2, 0.25) is 0 Å².